The van der Waals surface area contributed by atoms with E-state index in [1.807, 2.05) is 18.2 Å². The lowest BCUT2D eigenvalue weighted by Crippen LogP contribution is -2.44. The molecule has 7 heteroatoms. The lowest BCUT2D eigenvalue weighted by Gasteiger charge is -2.32. The second-order valence-corrected chi connectivity index (χ2v) is 10.3. The molecule has 148 valence electrons. The first-order valence-corrected chi connectivity index (χ1v) is 11.8. The molecule has 28 heavy (non-hydrogen) atoms. The maximum Gasteiger partial charge on any atom is 0.183 e. The fourth-order valence-electron chi connectivity index (χ4n) is 3.71. The van der Waals surface area contributed by atoms with Crippen LogP contribution in [0.3, 0.4) is 0 Å². The summed E-state index contributed by atoms with van der Waals surface area (Å²) in [6, 6.07) is 14.7. The van der Waals surface area contributed by atoms with E-state index in [0.29, 0.717) is 4.90 Å². The van der Waals surface area contributed by atoms with Gasteiger partial charge in [-0.3, -0.25) is 4.90 Å². The number of rotatable bonds is 5. The van der Waals surface area contributed by atoms with Gasteiger partial charge in [-0.1, -0.05) is 34.1 Å². The van der Waals surface area contributed by atoms with Gasteiger partial charge < -0.3 is 9.88 Å². The molecule has 1 aromatic heterocycles. The minimum absolute atomic E-state index is 0.0214. The predicted octanol–water partition coefficient (Wildman–Crippen LogP) is 3.65. The Morgan fingerprint density at radius 1 is 1.04 bits per heavy atom. The highest BCUT2D eigenvalue weighted by atomic mass is 79.9. The minimum atomic E-state index is -3.41. The van der Waals surface area contributed by atoms with E-state index in [9.17, 15) is 8.42 Å². The molecule has 1 N–H and O–H groups in total. The van der Waals surface area contributed by atoms with E-state index >= 15 is 0 Å². The average molecular weight is 462 g/mol. The van der Waals surface area contributed by atoms with Gasteiger partial charge in [-0.05, 0) is 42.9 Å². The molecular weight excluding hydrogens is 438 g/mol. The first kappa shape index (κ1) is 19.6. The van der Waals surface area contributed by atoms with Crippen molar-refractivity contribution >= 4 is 36.7 Å². The maximum absolute atomic E-state index is 13.0. The van der Waals surface area contributed by atoms with Crippen LogP contribution in [0.2, 0.25) is 0 Å². The van der Waals surface area contributed by atoms with E-state index in [1.165, 1.54) is 0 Å². The van der Waals surface area contributed by atoms with Gasteiger partial charge in [0.2, 0.25) is 0 Å². The molecule has 1 aliphatic rings. The Hall–Kier alpha value is -1.67. The summed E-state index contributed by atoms with van der Waals surface area (Å²) in [6.07, 6.45) is 0. The second kappa shape index (κ2) is 7.99. The summed E-state index contributed by atoms with van der Waals surface area (Å²) in [5.74, 6) is -0.0214. The Bertz CT molecular complexity index is 1070. The average Bonchev–Trinajstić information content (AvgIpc) is 3.00. The number of nitrogens with zero attached hydrogens (tertiary/aromatic N) is 2. The first-order chi connectivity index (χ1) is 13.4. The van der Waals surface area contributed by atoms with Crippen molar-refractivity contribution in [2.75, 3.05) is 33.2 Å². The van der Waals surface area contributed by atoms with Gasteiger partial charge in [0.15, 0.2) is 9.84 Å². The van der Waals surface area contributed by atoms with E-state index in [1.54, 1.807) is 24.3 Å². The molecule has 0 atom stereocenters. The van der Waals surface area contributed by atoms with E-state index in [4.69, 9.17) is 0 Å². The number of aromatic amines is 1. The monoisotopic (exact) mass is 461 g/mol. The van der Waals surface area contributed by atoms with Gasteiger partial charge >= 0.3 is 0 Å². The Morgan fingerprint density at radius 3 is 2.46 bits per heavy atom. The molecular formula is C21H24BrN3O2S. The van der Waals surface area contributed by atoms with Gasteiger partial charge in [-0.2, -0.15) is 0 Å². The quantitative estimate of drug-likeness (QED) is 0.629. The van der Waals surface area contributed by atoms with Crippen LogP contribution in [-0.2, 0) is 22.1 Å². The van der Waals surface area contributed by atoms with E-state index in [2.05, 4.69) is 43.8 Å². The van der Waals surface area contributed by atoms with Crippen LogP contribution in [0.25, 0.3) is 10.9 Å². The summed E-state index contributed by atoms with van der Waals surface area (Å²) in [4.78, 5) is 8.47. The number of benzene rings is 2. The summed E-state index contributed by atoms with van der Waals surface area (Å²) < 4.78 is 27.0. The third-order valence-corrected chi connectivity index (χ3v) is 7.52. The summed E-state index contributed by atoms with van der Waals surface area (Å²) in [7, 11) is -1.28. The molecule has 0 bridgehead atoms. The zero-order chi connectivity index (χ0) is 19.7. The third-order valence-electron chi connectivity index (χ3n) is 5.37. The zero-order valence-electron chi connectivity index (χ0n) is 15.9. The van der Waals surface area contributed by atoms with Gasteiger partial charge in [0.25, 0.3) is 0 Å². The molecule has 0 radical (unpaired) electrons. The zero-order valence-corrected chi connectivity index (χ0v) is 18.3. The van der Waals surface area contributed by atoms with E-state index < -0.39 is 9.84 Å². The fraction of sp³-hybridized carbons (Fsp3) is 0.333. The Morgan fingerprint density at radius 2 is 1.75 bits per heavy atom. The third kappa shape index (κ3) is 4.17. The molecule has 1 fully saturated rings. The number of aromatic nitrogens is 1. The van der Waals surface area contributed by atoms with Crippen LogP contribution in [0.15, 0.2) is 57.9 Å². The number of piperazine rings is 1. The number of hydrogen-bond donors (Lipinski definition) is 1. The Labute approximate surface area is 174 Å². The van der Waals surface area contributed by atoms with Crippen LogP contribution < -0.4 is 0 Å². The Balaban J connectivity index is 1.71. The van der Waals surface area contributed by atoms with Crippen molar-refractivity contribution in [1.29, 1.82) is 0 Å². The molecule has 0 amide bonds. The van der Waals surface area contributed by atoms with E-state index in [-0.39, 0.29) is 5.75 Å². The SMILES string of the molecule is CN1CCN(Cc2c(CS(=O)(=O)c3ccccc3)[nH]c3ccc(Br)cc23)CC1. The standard InChI is InChI=1S/C21H24BrN3O2S/c1-24-9-11-25(12-10-24)14-19-18-13-16(22)7-8-20(18)23-21(19)15-28(26,27)17-5-3-2-4-6-17/h2-8,13,23H,9-12,14-15H2,1H3. The molecule has 1 saturated heterocycles. The molecule has 0 saturated carbocycles. The molecule has 4 rings (SSSR count). The van der Waals surface area contributed by atoms with Gasteiger partial charge in [-0.15, -0.1) is 0 Å². The lowest BCUT2D eigenvalue weighted by molar-refractivity contribution is 0.148. The van der Waals surface area contributed by atoms with Crippen LogP contribution in [0.4, 0.5) is 0 Å². The second-order valence-electron chi connectivity index (χ2n) is 7.42. The largest absolute Gasteiger partial charge is 0.357 e. The maximum atomic E-state index is 13.0. The highest BCUT2D eigenvalue weighted by Gasteiger charge is 2.23. The number of sulfone groups is 1. The van der Waals surface area contributed by atoms with Gasteiger partial charge in [-0.25, -0.2) is 8.42 Å². The molecule has 0 spiro atoms. The van der Waals surface area contributed by atoms with Crippen molar-refractivity contribution < 1.29 is 8.42 Å². The minimum Gasteiger partial charge on any atom is -0.357 e. The number of fused-ring (bicyclic) bond motifs is 1. The molecule has 5 nitrogen and oxygen atoms in total. The van der Waals surface area contributed by atoms with Crippen LogP contribution >= 0.6 is 15.9 Å². The van der Waals surface area contributed by atoms with Crippen molar-refractivity contribution in [3.63, 3.8) is 0 Å². The molecule has 2 heterocycles. The topological polar surface area (TPSA) is 56.4 Å². The molecule has 0 unspecified atom stereocenters. The predicted molar refractivity (Wildman–Crippen MR) is 116 cm³/mol. The molecule has 0 aliphatic carbocycles. The number of hydrogen-bond acceptors (Lipinski definition) is 4. The highest BCUT2D eigenvalue weighted by molar-refractivity contribution is 9.10. The van der Waals surface area contributed by atoms with Crippen molar-refractivity contribution in [2.24, 2.45) is 0 Å². The van der Waals surface area contributed by atoms with Crippen LogP contribution in [0.5, 0.6) is 0 Å². The van der Waals surface area contributed by atoms with Crippen molar-refractivity contribution in [2.45, 2.75) is 17.2 Å². The summed E-state index contributed by atoms with van der Waals surface area (Å²) in [6.45, 7) is 4.79. The van der Waals surface area contributed by atoms with Gasteiger partial charge in [0.05, 0.1) is 10.6 Å². The van der Waals surface area contributed by atoms with Crippen molar-refractivity contribution in [1.82, 2.24) is 14.8 Å². The van der Waals surface area contributed by atoms with E-state index in [0.717, 1.165) is 59.4 Å². The number of nitrogens with one attached hydrogen (secondary N) is 1. The van der Waals surface area contributed by atoms with Crippen LogP contribution in [-0.4, -0.2) is 56.4 Å². The summed E-state index contributed by atoms with van der Waals surface area (Å²) in [5, 5.41) is 1.09. The first-order valence-electron chi connectivity index (χ1n) is 9.40. The number of halogens is 1. The van der Waals surface area contributed by atoms with Crippen molar-refractivity contribution in [3.05, 3.63) is 64.3 Å². The van der Waals surface area contributed by atoms with Crippen LogP contribution in [0, 0.1) is 0 Å². The Kier molecular flexibility index (Phi) is 5.60. The summed E-state index contributed by atoms with van der Waals surface area (Å²) in [5.41, 5.74) is 2.85. The molecule has 1 aliphatic heterocycles. The van der Waals surface area contributed by atoms with Gasteiger partial charge in [0.1, 0.15) is 0 Å². The van der Waals surface area contributed by atoms with Crippen LogP contribution in [0.1, 0.15) is 11.3 Å². The smallest absolute Gasteiger partial charge is 0.183 e. The number of likely N-dealkylation sites (N-methyl/N-ethyl adjacent to an activating group) is 1. The number of H-pyrrole nitrogens is 1. The summed E-state index contributed by atoms with van der Waals surface area (Å²) >= 11 is 3.55. The van der Waals surface area contributed by atoms with Crippen molar-refractivity contribution in [3.8, 4) is 0 Å². The highest BCUT2D eigenvalue weighted by Crippen LogP contribution is 2.29. The normalized spacial score (nSPS) is 16.6. The lowest BCUT2D eigenvalue weighted by atomic mass is 10.1. The molecule has 2 aromatic carbocycles. The fourth-order valence-corrected chi connectivity index (χ4v) is 5.44. The van der Waals surface area contributed by atoms with Gasteiger partial charge in [0, 0.05) is 53.8 Å². The molecule has 3 aromatic rings.